The van der Waals surface area contributed by atoms with Gasteiger partial charge >= 0.3 is 0 Å². The Morgan fingerprint density at radius 3 is 2.44 bits per heavy atom. The average molecular weight is 495 g/mol. The molecule has 4 rings (SSSR count). The number of pyridine rings is 2. The third-order valence-corrected chi connectivity index (χ3v) is 6.36. The maximum atomic E-state index is 14.0. The summed E-state index contributed by atoms with van der Waals surface area (Å²) in [5, 5.41) is 2.89. The number of amides is 2. The van der Waals surface area contributed by atoms with Crippen LogP contribution in [0.3, 0.4) is 0 Å². The molecule has 1 fully saturated rings. The summed E-state index contributed by atoms with van der Waals surface area (Å²) >= 11 is 0. The van der Waals surface area contributed by atoms with Gasteiger partial charge in [0.15, 0.2) is 0 Å². The van der Waals surface area contributed by atoms with Crippen LogP contribution in [0, 0.1) is 11.6 Å². The number of likely N-dealkylation sites (N-methyl/N-ethyl adjacent to an activating group) is 1. The highest BCUT2D eigenvalue weighted by Gasteiger charge is 2.28. The molecule has 1 atom stereocenters. The molecule has 0 aliphatic carbocycles. The maximum Gasteiger partial charge on any atom is 0.255 e. The van der Waals surface area contributed by atoms with Gasteiger partial charge in [-0.15, -0.1) is 0 Å². The van der Waals surface area contributed by atoms with Crippen LogP contribution in [0.1, 0.15) is 44.1 Å². The van der Waals surface area contributed by atoms with Gasteiger partial charge in [-0.05, 0) is 50.8 Å². The molecular formula is C26H28F2N6O2. The first kappa shape index (κ1) is 25.2. The fraction of sp³-hybridized carbons (Fsp3) is 0.308. The predicted octanol–water partition coefficient (Wildman–Crippen LogP) is 2.83. The van der Waals surface area contributed by atoms with E-state index in [9.17, 15) is 18.4 Å². The zero-order valence-electron chi connectivity index (χ0n) is 20.2. The Kier molecular flexibility index (Phi) is 7.54. The van der Waals surface area contributed by atoms with Crippen molar-refractivity contribution < 1.29 is 18.4 Å². The Labute approximate surface area is 208 Å². The van der Waals surface area contributed by atoms with Crippen LogP contribution in [-0.4, -0.2) is 64.8 Å². The number of benzene rings is 1. The van der Waals surface area contributed by atoms with E-state index < -0.39 is 17.5 Å². The van der Waals surface area contributed by atoms with Crippen LogP contribution in [0.15, 0.2) is 48.8 Å². The van der Waals surface area contributed by atoms with Gasteiger partial charge in [0.25, 0.3) is 11.8 Å². The molecule has 188 valence electrons. The largest absolute Gasteiger partial charge is 0.380 e. The molecule has 8 nitrogen and oxygen atoms in total. The number of rotatable bonds is 8. The Morgan fingerprint density at radius 2 is 1.83 bits per heavy atom. The molecule has 3 N–H and O–H groups in total. The van der Waals surface area contributed by atoms with E-state index in [0.717, 1.165) is 18.6 Å². The Balaban J connectivity index is 1.46. The smallest absolute Gasteiger partial charge is 0.255 e. The monoisotopic (exact) mass is 494 g/mol. The average Bonchev–Trinajstić information content (AvgIpc) is 3.35. The molecule has 1 aromatic carbocycles. The number of likely N-dealkylation sites (tertiary alicyclic amines) is 1. The minimum absolute atomic E-state index is 0.0470. The van der Waals surface area contributed by atoms with Crippen LogP contribution in [0.4, 0.5) is 14.5 Å². The number of nitrogens with one attached hydrogen (secondary N) is 1. The highest BCUT2D eigenvalue weighted by Crippen LogP contribution is 2.21. The minimum atomic E-state index is -0.718. The van der Waals surface area contributed by atoms with E-state index in [-0.39, 0.29) is 23.6 Å². The third-order valence-electron chi connectivity index (χ3n) is 6.36. The fourth-order valence-corrected chi connectivity index (χ4v) is 4.19. The van der Waals surface area contributed by atoms with Crippen molar-refractivity contribution in [3.05, 3.63) is 88.5 Å². The van der Waals surface area contributed by atoms with E-state index in [2.05, 4.69) is 20.2 Å². The Hall–Kier alpha value is -3.92. The van der Waals surface area contributed by atoms with Gasteiger partial charge in [-0.25, -0.2) is 8.78 Å². The molecule has 0 unspecified atom stereocenters. The van der Waals surface area contributed by atoms with Crippen molar-refractivity contribution in [1.82, 2.24) is 19.8 Å². The van der Waals surface area contributed by atoms with Gasteiger partial charge in [0, 0.05) is 61.4 Å². The summed E-state index contributed by atoms with van der Waals surface area (Å²) in [6, 6.07) is 9.07. The Bertz CT molecular complexity index is 1250. The van der Waals surface area contributed by atoms with E-state index in [1.807, 2.05) is 19.0 Å². The zero-order valence-corrected chi connectivity index (χ0v) is 20.2. The third kappa shape index (κ3) is 5.65. The van der Waals surface area contributed by atoms with Crippen LogP contribution in [0.25, 0.3) is 0 Å². The van der Waals surface area contributed by atoms with Crippen LogP contribution in [-0.2, 0) is 13.0 Å². The summed E-state index contributed by atoms with van der Waals surface area (Å²) < 4.78 is 28.0. The highest BCUT2D eigenvalue weighted by molar-refractivity contribution is 5.98. The van der Waals surface area contributed by atoms with Crippen LogP contribution < -0.4 is 11.1 Å². The lowest BCUT2D eigenvalue weighted by Gasteiger charge is -2.20. The van der Waals surface area contributed by atoms with Crippen LogP contribution in [0.5, 0.6) is 0 Å². The van der Waals surface area contributed by atoms with Crippen LogP contribution in [0.2, 0.25) is 0 Å². The fourth-order valence-electron chi connectivity index (χ4n) is 4.19. The second-order valence-electron chi connectivity index (χ2n) is 9.01. The first-order chi connectivity index (χ1) is 17.2. The quantitative estimate of drug-likeness (QED) is 0.499. The molecule has 10 heteroatoms. The predicted molar refractivity (Wildman–Crippen MR) is 131 cm³/mol. The van der Waals surface area contributed by atoms with E-state index in [0.29, 0.717) is 48.2 Å². The zero-order chi connectivity index (χ0) is 25.8. The summed E-state index contributed by atoms with van der Waals surface area (Å²) in [7, 11) is 4.02. The molecule has 3 heterocycles. The van der Waals surface area contributed by atoms with Crippen molar-refractivity contribution in [2.75, 3.05) is 32.5 Å². The topological polar surface area (TPSA) is 104 Å². The summed E-state index contributed by atoms with van der Waals surface area (Å²) in [6.07, 6.45) is 4.14. The number of halogens is 2. The van der Waals surface area contributed by atoms with Gasteiger partial charge in [0.2, 0.25) is 0 Å². The van der Waals surface area contributed by atoms with Gasteiger partial charge < -0.3 is 20.9 Å². The maximum absolute atomic E-state index is 14.0. The molecular weight excluding hydrogens is 466 g/mol. The van der Waals surface area contributed by atoms with Crippen molar-refractivity contribution in [2.45, 2.75) is 25.4 Å². The number of hydrogen-bond donors (Lipinski definition) is 2. The van der Waals surface area contributed by atoms with Crippen molar-refractivity contribution in [2.24, 2.45) is 5.73 Å². The second kappa shape index (κ2) is 10.8. The molecule has 1 saturated heterocycles. The summed E-state index contributed by atoms with van der Waals surface area (Å²) in [4.78, 5) is 37.3. The summed E-state index contributed by atoms with van der Waals surface area (Å²) in [5.41, 5.74) is 7.47. The molecule has 1 aliphatic rings. The number of carbonyl (C=O) groups is 2. The molecule has 0 saturated carbocycles. The first-order valence-electron chi connectivity index (χ1n) is 11.6. The summed E-state index contributed by atoms with van der Waals surface area (Å²) in [5.74, 6) is -2.15. The standard InChI is InChI=1S/C26H28F2N6O2/c1-33(2)19-8-9-34(15-19)26(36)16-6-7-17(30-12-16)10-18-11-24(21(14-31-18)25(29)35)32-13-20-22(27)4-3-5-23(20)28/h3-7,11-12,14,19H,8-10,13,15H2,1-2H3,(H2,29,35)(H,31,32)/t19-/m0/s1. The van der Waals surface area contributed by atoms with Crippen molar-refractivity contribution in [1.29, 1.82) is 0 Å². The van der Waals surface area contributed by atoms with E-state index in [4.69, 9.17) is 5.73 Å². The van der Waals surface area contributed by atoms with Gasteiger partial charge in [-0.1, -0.05) is 6.07 Å². The lowest BCUT2D eigenvalue weighted by Crippen LogP contribution is -2.34. The van der Waals surface area contributed by atoms with E-state index in [1.54, 1.807) is 24.4 Å². The summed E-state index contributed by atoms with van der Waals surface area (Å²) in [6.45, 7) is 1.23. The lowest BCUT2D eigenvalue weighted by molar-refractivity contribution is 0.0782. The first-order valence-corrected chi connectivity index (χ1v) is 11.6. The molecule has 36 heavy (non-hydrogen) atoms. The minimum Gasteiger partial charge on any atom is -0.380 e. The number of hydrogen-bond acceptors (Lipinski definition) is 6. The molecule has 0 spiro atoms. The number of anilines is 1. The molecule has 1 aliphatic heterocycles. The van der Waals surface area contributed by atoms with E-state index in [1.165, 1.54) is 12.3 Å². The molecule has 2 amide bonds. The number of carbonyl (C=O) groups excluding carboxylic acids is 2. The molecule has 0 radical (unpaired) electrons. The van der Waals surface area contributed by atoms with Crippen LogP contribution >= 0.6 is 0 Å². The van der Waals surface area contributed by atoms with Crippen molar-refractivity contribution >= 4 is 17.5 Å². The van der Waals surface area contributed by atoms with Gasteiger partial charge in [-0.3, -0.25) is 19.6 Å². The molecule has 0 bridgehead atoms. The number of nitrogens with zero attached hydrogens (tertiary/aromatic N) is 4. The second-order valence-corrected chi connectivity index (χ2v) is 9.01. The van der Waals surface area contributed by atoms with Gasteiger partial charge in [-0.2, -0.15) is 0 Å². The number of nitrogens with two attached hydrogens (primary N) is 1. The number of primary amides is 1. The van der Waals surface area contributed by atoms with E-state index >= 15 is 0 Å². The SMILES string of the molecule is CN(C)[C@H]1CCN(C(=O)c2ccc(Cc3cc(NCc4c(F)cccc4F)c(C(N)=O)cn3)nc2)C1. The number of aromatic nitrogens is 2. The molecule has 3 aromatic rings. The molecule has 2 aromatic heterocycles. The van der Waals surface area contributed by atoms with Crippen molar-refractivity contribution in [3.8, 4) is 0 Å². The lowest BCUT2D eigenvalue weighted by atomic mass is 10.1. The van der Waals surface area contributed by atoms with Crippen molar-refractivity contribution in [3.63, 3.8) is 0 Å². The normalized spacial score (nSPS) is 15.4. The Morgan fingerprint density at radius 1 is 1.11 bits per heavy atom. The van der Waals surface area contributed by atoms with Gasteiger partial charge in [0.1, 0.15) is 11.6 Å². The highest BCUT2D eigenvalue weighted by atomic mass is 19.1. The van der Waals surface area contributed by atoms with Gasteiger partial charge in [0.05, 0.1) is 16.8 Å².